The van der Waals surface area contributed by atoms with Gasteiger partial charge in [-0.2, -0.15) is 0 Å². The Hall–Kier alpha value is -2.02. The molecular formula is C20H26N2O4S. The van der Waals surface area contributed by atoms with Crippen LogP contribution < -0.4 is 5.32 Å². The number of hydrogen-bond acceptors (Lipinski definition) is 5. The van der Waals surface area contributed by atoms with E-state index in [1.54, 1.807) is 16.7 Å². The van der Waals surface area contributed by atoms with Crippen LogP contribution in [0.3, 0.4) is 0 Å². The van der Waals surface area contributed by atoms with E-state index in [-0.39, 0.29) is 23.3 Å². The molecule has 2 aliphatic rings. The summed E-state index contributed by atoms with van der Waals surface area (Å²) < 4.78 is 5.18. The van der Waals surface area contributed by atoms with Gasteiger partial charge in [-0.05, 0) is 43.4 Å². The molecule has 0 spiro atoms. The minimum Gasteiger partial charge on any atom is -0.454 e. The number of ether oxygens (including phenoxy) is 1. The van der Waals surface area contributed by atoms with Gasteiger partial charge in [0.15, 0.2) is 6.61 Å². The van der Waals surface area contributed by atoms with Crippen molar-refractivity contribution in [3.63, 3.8) is 0 Å². The normalized spacial score (nSPS) is 25.2. The van der Waals surface area contributed by atoms with Crippen molar-refractivity contribution < 1.29 is 19.1 Å². The van der Waals surface area contributed by atoms with Crippen LogP contribution in [0.1, 0.15) is 51.5 Å². The number of hydrogen-bond donors (Lipinski definition) is 1. The zero-order chi connectivity index (χ0) is 19.6. The summed E-state index contributed by atoms with van der Waals surface area (Å²) in [6.45, 7) is 5.91. The van der Waals surface area contributed by atoms with Gasteiger partial charge in [-0.1, -0.05) is 26.0 Å². The van der Waals surface area contributed by atoms with Crippen molar-refractivity contribution in [3.8, 4) is 0 Å². The number of carbonyl (C=O) groups is 3. The topological polar surface area (TPSA) is 75.7 Å². The van der Waals surface area contributed by atoms with Crippen LogP contribution in [-0.2, 0) is 19.1 Å². The van der Waals surface area contributed by atoms with Crippen LogP contribution in [0.5, 0.6) is 0 Å². The molecule has 3 rings (SSSR count). The van der Waals surface area contributed by atoms with E-state index < -0.39 is 12.0 Å². The van der Waals surface area contributed by atoms with Crippen LogP contribution in [0.4, 0.5) is 5.69 Å². The number of thioether (sulfide) groups is 1. The Kier molecular flexibility index (Phi) is 5.79. The van der Waals surface area contributed by atoms with Crippen molar-refractivity contribution in [2.45, 2.75) is 56.9 Å². The molecule has 0 bridgehead atoms. The molecule has 2 amide bonds. The number of nitrogens with zero attached hydrogens (tertiary/aromatic N) is 1. The van der Waals surface area contributed by atoms with E-state index in [0.29, 0.717) is 23.8 Å². The zero-order valence-electron chi connectivity index (χ0n) is 16.0. The fourth-order valence-corrected chi connectivity index (χ4v) is 4.97. The Morgan fingerprint density at radius 2 is 2.07 bits per heavy atom. The van der Waals surface area contributed by atoms with Crippen LogP contribution in [0.2, 0.25) is 0 Å². The third kappa shape index (κ3) is 4.13. The molecule has 2 heterocycles. The first-order chi connectivity index (χ1) is 12.8. The second-order valence-electron chi connectivity index (χ2n) is 7.35. The molecule has 2 saturated heterocycles. The summed E-state index contributed by atoms with van der Waals surface area (Å²) in [5.41, 5.74) is 1.89. The van der Waals surface area contributed by atoms with Crippen molar-refractivity contribution in [2.24, 2.45) is 0 Å². The number of fused-ring (bicyclic) bond motifs is 1. The number of carbonyl (C=O) groups excluding carboxylic acids is 3. The fourth-order valence-electron chi connectivity index (χ4n) is 3.56. The number of amides is 2. The molecule has 6 nitrogen and oxygen atoms in total. The molecule has 1 aromatic carbocycles. The summed E-state index contributed by atoms with van der Waals surface area (Å²) in [4.78, 5) is 37.9. The first-order valence-corrected chi connectivity index (χ1v) is 10.3. The summed E-state index contributed by atoms with van der Waals surface area (Å²) in [6, 6.07) is 7.08. The Morgan fingerprint density at radius 1 is 1.37 bits per heavy atom. The molecule has 27 heavy (non-hydrogen) atoms. The average Bonchev–Trinajstić information content (AvgIpc) is 3.15. The second-order valence-corrected chi connectivity index (χ2v) is 8.85. The molecule has 0 radical (unpaired) electrons. The number of nitrogens with one attached hydrogen (secondary N) is 1. The van der Waals surface area contributed by atoms with Crippen molar-refractivity contribution >= 4 is 35.2 Å². The van der Waals surface area contributed by atoms with Crippen molar-refractivity contribution in [2.75, 3.05) is 17.7 Å². The van der Waals surface area contributed by atoms with Crippen molar-refractivity contribution in [1.29, 1.82) is 0 Å². The van der Waals surface area contributed by atoms with Gasteiger partial charge in [0.25, 0.3) is 5.91 Å². The third-order valence-electron chi connectivity index (χ3n) is 5.44. The smallest absolute Gasteiger partial charge is 0.330 e. The number of esters is 1. The molecule has 146 valence electrons. The van der Waals surface area contributed by atoms with Crippen molar-refractivity contribution in [3.05, 3.63) is 29.8 Å². The SMILES string of the molecule is CC[C@@H](C)c1ccc(NC(=O)COC(=O)[C@@H]2CS[C@@]3(C)CCC(=O)N23)cc1. The highest BCUT2D eigenvalue weighted by molar-refractivity contribution is 8.01. The van der Waals surface area contributed by atoms with E-state index in [1.165, 1.54) is 5.56 Å². The number of anilines is 1. The lowest BCUT2D eigenvalue weighted by molar-refractivity contribution is -0.155. The predicted octanol–water partition coefficient (Wildman–Crippen LogP) is 3.14. The Bertz CT molecular complexity index is 736. The lowest BCUT2D eigenvalue weighted by Crippen LogP contribution is -2.47. The number of benzene rings is 1. The fraction of sp³-hybridized carbons (Fsp3) is 0.550. The Labute approximate surface area is 164 Å². The van der Waals surface area contributed by atoms with Crippen molar-refractivity contribution in [1.82, 2.24) is 4.90 Å². The van der Waals surface area contributed by atoms with E-state index in [1.807, 2.05) is 31.2 Å². The summed E-state index contributed by atoms with van der Waals surface area (Å²) >= 11 is 1.60. The van der Waals surface area contributed by atoms with Gasteiger partial charge in [0.05, 0.1) is 4.87 Å². The van der Waals surface area contributed by atoms with Gasteiger partial charge in [-0.15, -0.1) is 11.8 Å². The monoisotopic (exact) mass is 390 g/mol. The molecule has 2 aliphatic heterocycles. The molecule has 2 fully saturated rings. The lowest BCUT2D eigenvalue weighted by atomic mass is 9.99. The summed E-state index contributed by atoms with van der Waals surface area (Å²) in [5.74, 6) is 0.0681. The van der Waals surface area contributed by atoms with E-state index in [2.05, 4.69) is 19.2 Å². The van der Waals surface area contributed by atoms with Crippen LogP contribution in [0, 0.1) is 0 Å². The highest BCUT2D eigenvalue weighted by Crippen LogP contribution is 2.47. The van der Waals surface area contributed by atoms with E-state index >= 15 is 0 Å². The van der Waals surface area contributed by atoms with Gasteiger partial charge >= 0.3 is 5.97 Å². The molecule has 1 aromatic rings. The van der Waals surface area contributed by atoms with Crippen LogP contribution >= 0.6 is 11.8 Å². The lowest BCUT2D eigenvalue weighted by Gasteiger charge is -2.29. The average molecular weight is 391 g/mol. The molecule has 0 aliphatic carbocycles. The molecule has 0 aromatic heterocycles. The van der Waals surface area contributed by atoms with Crippen LogP contribution in [0.15, 0.2) is 24.3 Å². The first kappa shape index (κ1) is 19.7. The molecule has 0 unspecified atom stereocenters. The van der Waals surface area contributed by atoms with Crippen LogP contribution in [-0.4, -0.2) is 46.0 Å². The van der Waals surface area contributed by atoms with Gasteiger partial charge in [-0.25, -0.2) is 4.79 Å². The van der Waals surface area contributed by atoms with Gasteiger partial charge in [0.2, 0.25) is 5.91 Å². The zero-order valence-corrected chi connectivity index (χ0v) is 16.8. The molecule has 3 atom stereocenters. The maximum absolute atomic E-state index is 12.4. The van der Waals surface area contributed by atoms with E-state index in [9.17, 15) is 14.4 Å². The first-order valence-electron chi connectivity index (χ1n) is 9.36. The van der Waals surface area contributed by atoms with Crippen LogP contribution in [0.25, 0.3) is 0 Å². The van der Waals surface area contributed by atoms with Gasteiger partial charge in [0, 0.05) is 17.9 Å². The highest BCUT2D eigenvalue weighted by atomic mass is 32.2. The summed E-state index contributed by atoms with van der Waals surface area (Å²) in [7, 11) is 0. The molecule has 7 heteroatoms. The summed E-state index contributed by atoms with van der Waals surface area (Å²) in [6.07, 6.45) is 2.26. The van der Waals surface area contributed by atoms with Gasteiger partial charge in [-0.3, -0.25) is 9.59 Å². The number of rotatable bonds is 6. The standard InChI is InChI=1S/C20H26N2O4S/c1-4-13(2)14-5-7-15(8-6-14)21-17(23)11-26-19(25)16-12-27-20(3)10-9-18(24)22(16)20/h5-8,13,16H,4,9-12H2,1-3H3,(H,21,23)/t13-,16+,20+/m1/s1. The summed E-state index contributed by atoms with van der Waals surface area (Å²) in [5, 5.41) is 2.73. The maximum atomic E-state index is 12.4. The second kappa shape index (κ2) is 7.92. The predicted molar refractivity (Wildman–Crippen MR) is 105 cm³/mol. The largest absolute Gasteiger partial charge is 0.454 e. The van der Waals surface area contributed by atoms with E-state index in [4.69, 9.17) is 4.74 Å². The quantitative estimate of drug-likeness (QED) is 0.755. The third-order valence-corrected chi connectivity index (χ3v) is 6.94. The molecular weight excluding hydrogens is 364 g/mol. The minimum absolute atomic E-state index is 0.0182. The van der Waals surface area contributed by atoms with Gasteiger partial charge < -0.3 is 15.0 Å². The maximum Gasteiger partial charge on any atom is 0.330 e. The highest BCUT2D eigenvalue weighted by Gasteiger charge is 2.53. The Balaban J connectivity index is 1.50. The molecule has 0 saturated carbocycles. The molecule has 1 N–H and O–H groups in total. The van der Waals surface area contributed by atoms with Gasteiger partial charge in [0.1, 0.15) is 6.04 Å². The van der Waals surface area contributed by atoms with E-state index in [0.717, 1.165) is 12.8 Å². The minimum atomic E-state index is -0.599. The Morgan fingerprint density at radius 3 is 2.74 bits per heavy atom.